The van der Waals surface area contributed by atoms with Crippen molar-refractivity contribution in [2.24, 2.45) is 7.05 Å². The van der Waals surface area contributed by atoms with E-state index >= 15 is 0 Å². The Morgan fingerprint density at radius 2 is 1.76 bits per heavy atom. The first-order chi connectivity index (χ1) is 16.5. The number of fused-ring (bicyclic) bond motifs is 1. The zero-order valence-corrected chi connectivity index (χ0v) is 19.4. The highest BCUT2D eigenvalue weighted by Crippen LogP contribution is 2.35. The summed E-state index contributed by atoms with van der Waals surface area (Å²) in [6, 6.07) is 21.2. The Kier molecular flexibility index (Phi) is 5.69. The summed E-state index contributed by atoms with van der Waals surface area (Å²) in [5.74, 6) is -0.124. The highest BCUT2D eigenvalue weighted by molar-refractivity contribution is 7.21. The Morgan fingerprint density at radius 1 is 1.06 bits per heavy atom. The molecule has 0 unspecified atom stereocenters. The quantitative estimate of drug-likeness (QED) is 0.401. The van der Waals surface area contributed by atoms with Gasteiger partial charge in [0.05, 0.1) is 16.8 Å². The van der Waals surface area contributed by atoms with Gasteiger partial charge in [0, 0.05) is 11.9 Å². The molecule has 170 valence electrons. The van der Waals surface area contributed by atoms with Crippen LogP contribution in [0, 0.1) is 6.92 Å². The van der Waals surface area contributed by atoms with Gasteiger partial charge in [0.15, 0.2) is 6.61 Å². The molecule has 5 aromatic rings. The third-order valence-electron chi connectivity index (χ3n) is 5.51. The molecule has 34 heavy (non-hydrogen) atoms. The third-order valence-corrected chi connectivity index (χ3v) is 6.60. The zero-order chi connectivity index (χ0) is 23.7. The molecule has 0 atom stereocenters. The van der Waals surface area contributed by atoms with Crippen LogP contribution in [0.25, 0.3) is 26.3 Å². The van der Waals surface area contributed by atoms with Crippen molar-refractivity contribution in [2.45, 2.75) is 6.92 Å². The number of carbonyl (C=O) groups is 1. The van der Waals surface area contributed by atoms with Crippen molar-refractivity contribution >= 4 is 33.1 Å². The summed E-state index contributed by atoms with van der Waals surface area (Å²) in [5, 5.41) is 3.44. The number of benzene rings is 2. The van der Waals surface area contributed by atoms with Crippen LogP contribution in [0.2, 0.25) is 0 Å². The molecule has 0 aliphatic rings. The summed E-state index contributed by atoms with van der Waals surface area (Å²) in [5.41, 5.74) is 2.33. The predicted octanol–water partition coefficient (Wildman–Crippen LogP) is 4.17. The minimum absolute atomic E-state index is 0.217. The summed E-state index contributed by atoms with van der Waals surface area (Å²) in [6.45, 7) is 1.49. The largest absolute Gasteiger partial charge is 0.467 e. The number of hydrogen-bond donors (Lipinski definition) is 1. The number of nitrogens with zero attached hydrogens (tertiary/aromatic N) is 4. The number of aromatic nitrogens is 4. The summed E-state index contributed by atoms with van der Waals surface area (Å²) in [4.78, 5) is 36.0. The number of amides is 1. The Hall–Kier alpha value is -4.24. The maximum atomic E-state index is 13.0. The Morgan fingerprint density at radius 3 is 2.50 bits per heavy atom. The lowest BCUT2D eigenvalue weighted by Crippen LogP contribution is -2.25. The standard InChI is InChI=1S/C25H21N5O3S/c1-16-22(25(32)30(29(16)2)18-11-7-4-8-12-18)28-21(31)14-33-23-19-13-20(17-9-5-3-6-10-17)34-24(19)27-15-26-23/h3-13,15H,14H2,1-2H3,(H,28,31). The van der Waals surface area contributed by atoms with Gasteiger partial charge in [0.1, 0.15) is 16.8 Å². The molecule has 3 aromatic heterocycles. The van der Waals surface area contributed by atoms with Gasteiger partial charge < -0.3 is 10.1 Å². The molecule has 3 heterocycles. The smallest absolute Gasteiger partial charge is 0.295 e. The second-order valence-corrected chi connectivity index (χ2v) is 8.68. The van der Waals surface area contributed by atoms with E-state index in [-0.39, 0.29) is 17.9 Å². The number of hydrogen-bond acceptors (Lipinski definition) is 6. The fourth-order valence-electron chi connectivity index (χ4n) is 3.72. The molecule has 0 fully saturated rings. The van der Waals surface area contributed by atoms with E-state index in [0.29, 0.717) is 17.3 Å². The lowest BCUT2D eigenvalue weighted by Gasteiger charge is -2.07. The van der Waals surface area contributed by atoms with E-state index in [4.69, 9.17) is 4.74 Å². The number of ether oxygens (including phenoxy) is 1. The number of anilines is 1. The third kappa shape index (κ3) is 3.97. The number of rotatable bonds is 6. The fraction of sp³-hybridized carbons (Fsp3) is 0.120. The van der Waals surface area contributed by atoms with Crippen LogP contribution in [0.4, 0.5) is 5.69 Å². The summed E-state index contributed by atoms with van der Waals surface area (Å²) in [7, 11) is 1.77. The van der Waals surface area contributed by atoms with E-state index in [1.807, 2.05) is 66.7 Å². The molecule has 1 N–H and O–H groups in total. The van der Waals surface area contributed by atoms with E-state index < -0.39 is 5.91 Å². The fourth-order valence-corrected chi connectivity index (χ4v) is 4.71. The molecule has 1 amide bonds. The Balaban J connectivity index is 1.35. The van der Waals surface area contributed by atoms with Crippen molar-refractivity contribution in [1.29, 1.82) is 0 Å². The highest BCUT2D eigenvalue weighted by atomic mass is 32.1. The summed E-state index contributed by atoms with van der Waals surface area (Å²) in [6.07, 6.45) is 1.42. The van der Waals surface area contributed by atoms with Gasteiger partial charge in [-0.05, 0) is 30.7 Å². The maximum absolute atomic E-state index is 13.0. The van der Waals surface area contributed by atoms with Gasteiger partial charge >= 0.3 is 0 Å². The molecular formula is C25H21N5O3S. The normalized spacial score (nSPS) is 11.0. The van der Waals surface area contributed by atoms with Gasteiger partial charge in [-0.2, -0.15) is 0 Å². The first kappa shape index (κ1) is 21.6. The van der Waals surface area contributed by atoms with Crippen LogP contribution in [-0.2, 0) is 11.8 Å². The molecule has 0 bridgehead atoms. The molecule has 0 spiro atoms. The Labute approximate surface area is 199 Å². The maximum Gasteiger partial charge on any atom is 0.295 e. The van der Waals surface area contributed by atoms with Gasteiger partial charge in [0.2, 0.25) is 5.88 Å². The minimum Gasteiger partial charge on any atom is -0.467 e. The van der Waals surface area contributed by atoms with Crippen molar-refractivity contribution in [2.75, 3.05) is 11.9 Å². The van der Waals surface area contributed by atoms with Crippen LogP contribution in [0.5, 0.6) is 5.88 Å². The molecule has 2 aromatic carbocycles. The number of thiophene rings is 1. The van der Waals surface area contributed by atoms with Crippen molar-refractivity contribution in [3.05, 3.63) is 89.1 Å². The van der Waals surface area contributed by atoms with E-state index in [0.717, 1.165) is 20.7 Å². The highest BCUT2D eigenvalue weighted by Gasteiger charge is 2.19. The molecular weight excluding hydrogens is 450 g/mol. The average Bonchev–Trinajstić information content (AvgIpc) is 3.39. The molecule has 0 aliphatic carbocycles. The SMILES string of the molecule is Cc1c(NC(=O)COc2ncnc3sc(-c4ccccc4)cc23)c(=O)n(-c2ccccc2)n1C. The molecule has 0 saturated heterocycles. The molecule has 0 aliphatic heterocycles. The molecule has 0 saturated carbocycles. The van der Waals surface area contributed by atoms with Crippen LogP contribution in [-0.4, -0.2) is 31.8 Å². The van der Waals surface area contributed by atoms with Crippen LogP contribution < -0.4 is 15.6 Å². The van der Waals surface area contributed by atoms with Gasteiger partial charge in [-0.1, -0.05) is 48.5 Å². The molecule has 5 rings (SSSR count). The Bertz CT molecular complexity index is 1540. The van der Waals surface area contributed by atoms with Crippen molar-refractivity contribution < 1.29 is 9.53 Å². The summed E-state index contributed by atoms with van der Waals surface area (Å²) >= 11 is 1.53. The van der Waals surface area contributed by atoms with E-state index in [9.17, 15) is 9.59 Å². The van der Waals surface area contributed by atoms with Gasteiger partial charge in [0.25, 0.3) is 11.5 Å². The van der Waals surface area contributed by atoms with Gasteiger partial charge in [-0.3, -0.25) is 14.3 Å². The summed E-state index contributed by atoms with van der Waals surface area (Å²) < 4.78 is 8.95. The van der Waals surface area contributed by atoms with Gasteiger partial charge in [-0.25, -0.2) is 14.6 Å². The second kappa shape index (κ2) is 8.95. The monoisotopic (exact) mass is 471 g/mol. The lowest BCUT2D eigenvalue weighted by molar-refractivity contribution is -0.118. The first-order valence-electron chi connectivity index (χ1n) is 10.6. The van der Waals surface area contributed by atoms with E-state index in [1.54, 1.807) is 18.7 Å². The first-order valence-corrected chi connectivity index (χ1v) is 11.4. The lowest BCUT2D eigenvalue weighted by atomic mass is 10.2. The molecule has 9 heteroatoms. The topological polar surface area (TPSA) is 91.0 Å². The van der Waals surface area contributed by atoms with E-state index in [2.05, 4.69) is 15.3 Å². The van der Waals surface area contributed by atoms with Crippen LogP contribution >= 0.6 is 11.3 Å². The van der Waals surface area contributed by atoms with Crippen LogP contribution in [0.1, 0.15) is 5.69 Å². The minimum atomic E-state index is -0.448. The number of para-hydroxylation sites is 1. The second-order valence-electron chi connectivity index (χ2n) is 7.65. The van der Waals surface area contributed by atoms with Crippen molar-refractivity contribution in [1.82, 2.24) is 19.3 Å². The van der Waals surface area contributed by atoms with Gasteiger partial charge in [-0.15, -0.1) is 11.3 Å². The molecule has 8 nitrogen and oxygen atoms in total. The molecule has 0 radical (unpaired) electrons. The zero-order valence-electron chi connectivity index (χ0n) is 18.6. The van der Waals surface area contributed by atoms with E-state index in [1.165, 1.54) is 22.3 Å². The number of nitrogens with one attached hydrogen (secondary N) is 1. The van der Waals surface area contributed by atoms with Crippen LogP contribution in [0.15, 0.2) is 77.9 Å². The van der Waals surface area contributed by atoms with Crippen molar-refractivity contribution in [3.8, 4) is 22.0 Å². The number of carbonyl (C=O) groups excluding carboxylic acids is 1. The van der Waals surface area contributed by atoms with Crippen LogP contribution in [0.3, 0.4) is 0 Å². The predicted molar refractivity (Wildman–Crippen MR) is 133 cm³/mol. The average molecular weight is 472 g/mol. The van der Waals surface area contributed by atoms with Crippen molar-refractivity contribution in [3.63, 3.8) is 0 Å².